The summed E-state index contributed by atoms with van der Waals surface area (Å²) in [6.07, 6.45) is 2.66. The molecule has 25 heavy (non-hydrogen) atoms. The van der Waals surface area contributed by atoms with Gasteiger partial charge in [-0.2, -0.15) is 0 Å². The number of hydrogen-bond donors (Lipinski definition) is 1. The third kappa shape index (κ3) is 2.80. The molecule has 1 heterocycles. The molecule has 0 bridgehead atoms. The number of hydrogen-bond acceptors (Lipinski definition) is 2. The summed E-state index contributed by atoms with van der Waals surface area (Å²) in [7, 11) is 0. The topological polar surface area (TPSA) is 42.0 Å². The smallest absolute Gasteiger partial charge is 0.228 e. The fourth-order valence-electron chi connectivity index (χ4n) is 4.21. The van der Waals surface area contributed by atoms with Gasteiger partial charge in [-0.05, 0) is 29.5 Å². The summed E-state index contributed by atoms with van der Waals surface area (Å²) < 4.78 is 0. The molecule has 1 fully saturated rings. The number of aromatic nitrogens is 1. The summed E-state index contributed by atoms with van der Waals surface area (Å²) >= 11 is 0. The van der Waals surface area contributed by atoms with E-state index in [2.05, 4.69) is 36.3 Å². The van der Waals surface area contributed by atoms with Crippen LogP contribution in [0.15, 0.2) is 66.9 Å². The van der Waals surface area contributed by atoms with Crippen molar-refractivity contribution in [2.75, 3.05) is 5.32 Å². The van der Waals surface area contributed by atoms with Gasteiger partial charge in [-0.25, -0.2) is 0 Å². The monoisotopic (exact) mass is 330 g/mol. The van der Waals surface area contributed by atoms with Gasteiger partial charge in [0.2, 0.25) is 5.91 Å². The first-order chi connectivity index (χ1) is 12.1. The summed E-state index contributed by atoms with van der Waals surface area (Å²) in [5, 5.41) is 4.16. The van der Waals surface area contributed by atoms with Gasteiger partial charge in [-0.3, -0.25) is 9.78 Å². The lowest BCUT2D eigenvalue weighted by Crippen LogP contribution is -2.47. The zero-order valence-electron chi connectivity index (χ0n) is 14.6. The van der Waals surface area contributed by atoms with Gasteiger partial charge in [0.1, 0.15) is 0 Å². The first kappa shape index (κ1) is 15.8. The van der Waals surface area contributed by atoms with Gasteiger partial charge in [0, 0.05) is 23.4 Å². The molecule has 3 nitrogen and oxygen atoms in total. The molecule has 0 saturated heterocycles. The Morgan fingerprint density at radius 2 is 1.80 bits per heavy atom. The first-order valence-electron chi connectivity index (χ1n) is 8.76. The minimum Gasteiger partial charge on any atom is -0.324 e. The molecule has 3 heteroatoms. The average Bonchev–Trinajstić information content (AvgIpc) is 2.61. The summed E-state index contributed by atoms with van der Waals surface area (Å²) in [6, 6.07) is 20.2. The summed E-state index contributed by atoms with van der Waals surface area (Å²) in [4.78, 5) is 17.4. The Kier molecular flexibility index (Phi) is 3.79. The average molecular weight is 330 g/mol. The fourth-order valence-corrected chi connectivity index (χ4v) is 4.21. The lowest BCUT2D eigenvalue weighted by Gasteiger charge is -2.51. The van der Waals surface area contributed by atoms with Crippen LogP contribution in [0.4, 0.5) is 5.69 Å². The Balaban J connectivity index is 1.61. The molecule has 1 unspecified atom stereocenters. The standard InChI is InChI=1S/C22H22N2O/c1-22(2)14-17(19(22)15-8-4-3-5-9-15)21(25)24-18-12-6-10-16-11-7-13-23-20(16)18/h3-13,17,19H,14H2,1-2H3,(H,24,25)/t17?,19-/m1/s1. The van der Waals surface area contributed by atoms with E-state index in [-0.39, 0.29) is 23.2 Å². The number of nitrogens with zero attached hydrogens (tertiary/aromatic N) is 1. The number of para-hydroxylation sites is 1. The molecular weight excluding hydrogens is 308 g/mol. The van der Waals surface area contributed by atoms with E-state index >= 15 is 0 Å². The second-order valence-corrected chi connectivity index (χ2v) is 7.56. The van der Waals surface area contributed by atoms with E-state index in [1.807, 2.05) is 48.5 Å². The lowest BCUT2D eigenvalue weighted by molar-refractivity contribution is -0.128. The van der Waals surface area contributed by atoms with Gasteiger partial charge < -0.3 is 5.32 Å². The molecule has 1 aliphatic carbocycles. The van der Waals surface area contributed by atoms with E-state index in [4.69, 9.17) is 0 Å². The van der Waals surface area contributed by atoms with E-state index in [1.54, 1.807) is 6.20 Å². The van der Waals surface area contributed by atoms with Crippen molar-refractivity contribution in [3.05, 3.63) is 72.4 Å². The van der Waals surface area contributed by atoms with Crippen molar-refractivity contribution in [1.29, 1.82) is 0 Å². The molecule has 1 aliphatic rings. The van der Waals surface area contributed by atoms with Crippen LogP contribution in [-0.2, 0) is 4.79 Å². The van der Waals surface area contributed by atoms with Crippen LogP contribution in [-0.4, -0.2) is 10.9 Å². The van der Waals surface area contributed by atoms with Gasteiger partial charge in [-0.1, -0.05) is 62.4 Å². The third-order valence-corrected chi connectivity index (χ3v) is 5.38. The zero-order valence-corrected chi connectivity index (χ0v) is 14.6. The highest BCUT2D eigenvalue weighted by atomic mass is 16.2. The van der Waals surface area contributed by atoms with Crippen LogP contribution in [0.5, 0.6) is 0 Å². The minimum absolute atomic E-state index is 0.00336. The first-order valence-corrected chi connectivity index (χ1v) is 8.76. The highest BCUT2D eigenvalue weighted by Crippen LogP contribution is 2.56. The van der Waals surface area contributed by atoms with Crippen LogP contribution in [0.3, 0.4) is 0 Å². The van der Waals surface area contributed by atoms with Crippen molar-refractivity contribution in [2.24, 2.45) is 11.3 Å². The molecule has 1 aromatic heterocycles. The van der Waals surface area contributed by atoms with Crippen LogP contribution in [0.2, 0.25) is 0 Å². The van der Waals surface area contributed by atoms with Crippen LogP contribution in [0.1, 0.15) is 31.7 Å². The molecule has 126 valence electrons. The highest BCUT2D eigenvalue weighted by Gasteiger charge is 2.51. The minimum atomic E-state index is -0.00336. The predicted octanol–water partition coefficient (Wildman–Crippen LogP) is 5.00. The predicted molar refractivity (Wildman–Crippen MR) is 101 cm³/mol. The van der Waals surface area contributed by atoms with Crippen molar-refractivity contribution in [1.82, 2.24) is 4.98 Å². The van der Waals surface area contributed by atoms with E-state index in [1.165, 1.54) is 5.56 Å². The number of amides is 1. The molecule has 1 N–H and O–H groups in total. The number of nitrogens with one attached hydrogen (secondary N) is 1. The van der Waals surface area contributed by atoms with Crippen molar-refractivity contribution >= 4 is 22.5 Å². The Labute approximate surface area is 148 Å². The van der Waals surface area contributed by atoms with Gasteiger partial charge in [0.25, 0.3) is 0 Å². The molecule has 1 saturated carbocycles. The van der Waals surface area contributed by atoms with Gasteiger partial charge in [0.05, 0.1) is 11.2 Å². The van der Waals surface area contributed by atoms with Crippen molar-refractivity contribution in [3.63, 3.8) is 0 Å². The number of fused-ring (bicyclic) bond motifs is 1. The third-order valence-electron chi connectivity index (χ3n) is 5.38. The zero-order chi connectivity index (χ0) is 17.4. The highest BCUT2D eigenvalue weighted by molar-refractivity contribution is 6.01. The van der Waals surface area contributed by atoms with Crippen LogP contribution in [0, 0.1) is 11.3 Å². The van der Waals surface area contributed by atoms with Crippen LogP contribution < -0.4 is 5.32 Å². The van der Waals surface area contributed by atoms with Crippen molar-refractivity contribution in [2.45, 2.75) is 26.2 Å². The van der Waals surface area contributed by atoms with E-state index in [9.17, 15) is 4.79 Å². The molecule has 4 rings (SSSR count). The molecular formula is C22H22N2O. The summed E-state index contributed by atoms with van der Waals surface area (Å²) in [6.45, 7) is 4.49. The second-order valence-electron chi connectivity index (χ2n) is 7.56. The van der Waals surface area contributed by atoms with Crippen molar-refractivity contribution in [3.8, 4) is 0 Å². The van der Waals surface area contributed by atoms with E-state index < -0.39 is 0 Å². The maximum Gasteiger partial charge on any atom is 0.228 e. The van der Waals surface area contributed by atoms with Crippen molar-refractivity contribution < 1.29 is 4.79 Å². The van der Waals surface area contributed by atoms with Gasteiger partial charge in [0.15, 0.2) is 0 Å². The maximum absolute atomic E-state index is 13.0. The largest absolute Gasteiger partial charge is 0.324 e. The normalized spacial score (nSPS) is 21.5. The SMILES string of the molecule is CC1(C)CC(C(=O)Nc2cccc3cccnc23)[C@H]1c1ccccc1. The summed E-state index contributed by atoms with van der Waals surface area (Å²) in [5.74, 6) is 0.333. The molecule has 0 spiro atoms. The molecule has 1 amide bonds. The number of rotatable bonds is 3. The van der Waals surface area contributed by atoms with Gasteiger partial charge in [-0.15, -0.1) is 0 Å². The Hall–Kier alpha value is -2.68. The van der Waals surface area contributed by atoms with Crippen LogP contribution >= 0.6 is 0 Å². The molecule has 0 radical (unpaired) electrons. The van der Waals surface area contributed by atoms with Crippen LogP contribution in [0.25, 0.3) is 10.9 Å². The Morgan fingerprint density at radius 3 is 2.56 bits per heavy atom. The quantitative estimate of drug-likeness (QED) is 0.734. The Bertz CT molecular complexity index is 912. The fraction of sp³-hybridized carbons (Fsp3) is 0.273. The number of carbonyl (C=O) groups excluding carboxylic acids is 1. The lowest BCUT2D eigenvalue weighted by atomic mass is 9.53. The van der Waals surface area contributed by atoms with E-state index in [0.717, 1.165) is 23.0 Å². The number of carbonyl (C=O) groups is 1. The number of anilines is 1. The Morgan fingerprint density at radius 1 is 1.04 bits per heavy atom. The second kappa shape index (κ2) is 5.99. The maximum atomic E-state index is 13.0. The molecule has 2 atom stereocenters. The molecule has 3 aromatic rings. The van der Waals surface area contributed by atoms with E-state index in [0.29, 0.717) is 0 Å². The number of benzene rings is 2. The molecule has 2 aromatic carbocycles. The molecule has 0 aliphatic heterocycles. The summed E-state index contributed by atoms with van der Waals surface area (Å²) in [5.41, 5.74) is 3.02. The number of pyridine rings is 1. The van der Waals surface area contributed by atoms with Gasteiger partial charge >= 0.3 is 0 Å².